The lowest BCUT2D eigenvalue weighted by atomic mass is 10.0. The molecule has 0 aliphatic heterocycles. The van der Waals surface area contributed by atoms with Gasteiger partial charge in [-0.3, -0.25) is 0 Å². The van der Waals surface area contributed by atoms with Crippen LogP contribution < -0.4 is 0 Å². The molecule has 0 aromatic heterocycles. The number of carboxylic acid groups (broad SMARTS) is 1. The zero-order valence-corrected chi connectivity index (χ0v) is 9.41. The van der Waals surface area contributed by atoms with Crippen LogP contribution in [-0.4, -0.2) is 18.2 Å². The Morgan fingerprint density at radius 3 is 2.87 bits per heavy atom. The van der Waals surface area contributed by atoms with Crippen molar-refractivity contribution in [2.75, 3.05) is 7.11 Å². The molecule has 1 unspecified atom stereocenters. The average molecular weight is 229 g/mol. The van der Waals surface area contributed by atoms with Gasteiger partial charge in [-0.15, -0.1) is 0 Å². The van der Waals surface area contributed by atoms with Gasteiger partial charge in [0.05, 0.1) is 17.7 Å². The minimum Gasteiger partial charge on any atom is -0.494 e. The van der Waals surface area contributed by atoms with Crippen LogP contribution in [-0.2, 0) is 9.53 Å². The highest BCUT2D eigenvalue weighted by atomic mass is 35.5. The van der Waals surface area contributed by atoms with Crippen LogP contribution in [0.5, 0.6) is 0 Å². The smallest absolute Gasteiger partial charge is 0.339 e. The number of aliphatic carboxylic acids is 1. The molecule has 82 valence electrons. The third-order valence-corrected chi connectivity index (χ3v) is 2.46. The fourth-order valence-corrected chi connectivity index (χ4v) is 1.57. The maximum Gasteiger partial charge on any atom is 0.339 e. The molecule has 1 N–H and O–H groups in total. The van der Waals surface area contributed by atoms with Crippen molar-refractivity contribution in [3.8, 4) is 0 Å². The summed E-state index contributed by atoms with van der Waals surface area (Å²) in [5.74, 6) is -0.536. The second-order valence-electron chi connectivity index (χ2n) is 3.38. The third kappa shape index (κ3) is 2.86. The molecule has 0 saturated carbocycles. The third-order valence-electron chi connectivity index (χ3n) is 2.16. The molecule has 0 amide bonds. The fourth-order valence-electron chi connectivity index (χ4n) is 1.32. The van der Waals surface area contributed by atoms with Crippen molar-refractivity contribution >= 4 is 17.6 Å². The highest BCUT2D eigenvalue weighted by Gasteiger charge is 2.18. The molecule has 3 nitrogen and oxygen atoms in total. The highest BCUT2D eigenvalue weighted by Crippen LogP contribution is 2.25. The van der Waals surface area contributed by atoms with Crippen molar-refractivity contribution in [3.05, 3.63) is 34.6 Å². The zero-order valence-electron chi connectivity index (χ0n) is 8.66. The largest absolute Gasteiger partial charge is 0.494 e. The number of halogens is 1. The summed E-state index contributed by atoms with van der Waals surface area (Å²) in [6.45, 7) is 1.99. The SMILES string of the molecule is COC1=C(Cl)/C=C\C(C)C\C=C\1C(=O)O. The Morgan fingerprint density at radius 1 is 1.67 bits per heavy atom. The quantitative estimate of drug-likeness (QED) is 0.791. The zero-order chi connectivity index (χ0) is 11.4. The van der Waals surface area contributed by atoms with E-state index in [1.54, 1.807) is 12.2 Å². The summed E-state index contributed by atoms with van der Waals surface area (Å²) in [7, 11) is 1.41. The van der Waals surface area contributed by atoms with Crippen molar-refractivity contribution in [1.82, 2.24) is 0 Å². The topological polar surface area (TPSA) is 46.5 Å². The molecular weight excluding hydrogens is 216 g/mol. The van der Waals surface area contributed by atoms with Crippen LogP contribution in [0.25, 0.3) is 0 Å². The first-order chi connectivity index (χ1) is 7.06. The monoisotopic (exact) mass is 228 g/mol. The number of carboxylic acids is 1. The van der Waals surface area contributed by atoms with Gasteiger partial charge in [-0.1, -0.05) is 30.7 Å². The molecule has 0 spiro atoms. The molecule has 1 aliphatic carbocycles. The molecular formula is C11H13ClO3. The molecule has 0 saturated heterocycles. The Hall–Kier alpha value is -1.22. The summed E-state index contributed by atoms with van der Waals surface area (Å²) in [6.07, 6.45) is 5.91. The molecule has 0 aromatic rings. The van der Waals surface area contributed by atoms with Gasteiger partial charge in [-0.2, -0.15) is 0 Å². The van der Waals surface area contributed by atoms with E-state index in [0.717, 1.165) is 0 Å². The standard InChI is InChI=1S/C11H13ClO3/c1-7-3-5-8(11(13)14)10(15-2)9(12)6-4-7/h4-7H,3H2,1-2H3,(H,13,14)/b6-4-,8-5-,10-9-. The maximum atomic E-state index is 11.0. The van der Waals surface area contributed by atoms with E-state index < -0.39 is 5.97 Å². The number of ether oxygens (including phenoxy) is 1. The van der Waals surface area contributed by atoms with Crippen molar-refractivity contribution in [1.29, 1.82) is 0 Å². The Balaban J connectivity index is 3.21. The summed E-state index contributed by atoms with van der Waals surface area (Å²) in [4.78, 5) is 11.0. The van der Waals surface area contributed by atoms with Crippen molar-refractivity contribution in [3.63, 3.8) is 0 Å². The van der Waals surface area contributed by atoms with Crippen LogP contribution in [0.2, 0.25) is 0 Å². The normalized spacial score (nSPS) is 32.2. The predicted molar refractivity (Wildman–Crippen MR) is 58.5 cm³/mol. The first kappa shape index (κ1) is 11.9. The Kier molecular flexibility index (Phi) is 3.97. The predicted octanol–water partition coefficient (Wildman–Crippen LogP) is 2.69. The van der Waals surface area contributed by atoms with Gasteiger partial charge in [0.2, 0.25) is 0 Å². The molecule has 1 rings (SSSR count). The number of allylic oxidation sites excluding steroid dienone is 4. The van der Waals surface area contributed by atoms with E-state index >= 15 is 0 Å². The van der Waals surface area contributed by atoms with E-state index in [2.05, 4.69) is 0 Å². The second-order valence-corrected chi connectivity index (χ2v) is 3.78. The van der Waals surface area contributed by atoms with E-state index in [9.17, 15) is 4.79 Å². The number of hydrogen-bond donors (Lipinski definition) is 1. The summed E-state index contributed by atoms with van der Waals surface area (Å²) in [6, 6.07) is 0. The molecule has 0 heterocycles. The van der Waals surface area contributed by atoms with Crippen LogP contribution in [0, 0.1) is 5.92 Å². The summed E-state index contributed by atoms with van der Waals surface area (Å²) in [5.41, 5.74) is 0.124. The molecule has 0 radical (unpaired) electrons. The fraction of sp³-hybridized carbons (Fsp3) is 0.364. The van der Waals surface area contributed by atoms with Crippen LogP contribution in [0.3, 0.4) is 0 Å². The van der Waals surface area contributed by atoms with Gasteiger partial charge in [0.25, 0.3) is 0 Å². The minimum absolute atomic E-state index is 0.124. The lowest BCUT2D eigenvalue weighted by Gasteiger charge is -2.12. The van der Waals surface area contributed by atoms with E-state index in [1.165, 1.54) is 7.11 Å². The van der Waals surface area contributed by atoms with Crippen molar-refractivity contribution in [2.45, 2.75) is 13.3 Å². The van der Waals surface area contributed by atoms with Gasteiger partial charge in [0.15, 0.2) is 5.76 Å². The van der Waals surface area contributed by atoms with Crippen molar-refractivity contribution in [2.24, 2.45) is 5.92 Å². The van der Waals surface area contributed by atoms with Gasteiger partial charge >= 0.3 is 5.97 Å². The Bertz CT molecular complexity index is 353. The van der Waals surface area contributed by atoms with Crippen LogP contribution in [0.15, 0.2) is 34.6 Å². The molecule has 4 heteroatoms. The van der Waals surface area contributed by atoms with Crippen molar-refractivity contribution < 1.29 is 14.6 Å². The summed E-state index contributed by atoms with van der Waals surface area (Å²) < 4.78 is 5.00. The summed E-state index contributed by atoms with van der Waals surface area (Å²) in [5, 5.41) is 9.31. The molecule has 1 atom stereocenters. The summed E-state index contributed by atoms with van der Waals surface area (Å²) >= 11 is 5.93. The van der Waals surface area contributed by atoms with Gasteiger partial charge in [-0.25, -0.2) is 4.79 Å². The van der Waals surface area contributed by atoms with Gasteiger partial charge < -0.3 is 9.84 Å². The lowest BCUT2D eigenvalue weighted by molar-refractivity contribution is -0.132. The van der Waals surface area contributed by atoms with E-state index in [4.69, 9.17) is 21.4 Å². The van der Waals surface area contributed by atoms with E-state index in [1.807, 2.05) is 13.0 Å². The number of rotatable bonds is 2. The van der Waals surface area contributed by atoms with Crippen LogP contribution in [0.1, 0.15) is 13.3 Å². The Morgan fingerprint density at radius 2 is 2.33 bits per heavy atom. The molecule has 15 heavy (non-hydrogen) atoms. The second kappa shape index (κ2) is 5.03. The van der Waals surface area contributed by atoms with Crippen LogP contribution >= 0.6 is 11.6 Å². The number of hydrogen-bond acceptors (Lipinski definition) is 2. The van der Waals surface area contributed by atoms with E-state index in [-0.39, 0.29) is 17.3 Å². The minimum atomic E-state index is -1.02. The van der Waals surface area contributed by atoms with Gasteiger partial charge in [0.1, 0.15) is 0 Å². The van der Waals surface area contributed by atoms with Gasteiger partial charge in [-0.05, 0) is 18.4 Å². The molecule has 0 aromatic carbocycles. The first-order valence-electron chi connectivity index (χ1n) is 4.62. The van der Waals surface area contributed by atoms with E-state index in [0.29, 0.717) is 11.5 Å². The van der Waals surface area contributed by atoms with Gasteiger partial charge in [0, 0.05) is 0 Å². The Labute approximate surface area is 93.7 Å². The lowest BCUT2D eigenvalue weighted by Crippen LogP contribution is -2.08. The number of carbonyl (C=O) groups is 1. The first-order valence-corrected chi connectivity index (χ1v) is 4.99. The number of methoxy groups -OCH3 is 1. The average Bonchev–Trinajstić information content (AvgIpc) is 2.18. The van der Waals surface area contributed by atoms with Crippen LogP contribution in [0.4, 0.5) is 0 Å². The molecule has 0 bridgehead atoms. The molecule has 0 fully saturated rings. The molecule has 1 aliphatic rings. The maximum absolute atomic E-state index is 11.0. The highest BCUT2D eigenvalue weighted by molar-refractivity contribution is 6.32.